The summed E-state index contributed by atoms with van der Waals surface area (Å²) >= 11 is 1.65. The molecule has 1 atom stereocenters. The first-order valence-electron chi connectivity index (χ1n) is 6.02. The van der Waals surface area contributed by atoms with Gasteiger partial charge in [-0.15, -0.1) is 11.8 Å². The Hall–Kier alpha value is -1.72. The topological polar surface area (TPSA) is 57.4 Å². The summed E-state index contributed by atoms with van der Waals surface area (Å²) in [6, 6.07) is 11.6. The highest BCUT2D eigenvalue weighted by Gasteiger charge is 2.16. The number of pyridine rings is 1. The molecule has 1 aliphatic rings. The normalized spacial score (nSPS) is 14.4. The Balaban J connectivity index is 1.65. The maximum Gasteiger partial charge on any atom is 0.231 e. The van der Waals surface area contributed by atoms with E-state index in [4.69, 9.17) is 15.2 Å². The average molecular weight is 274 g/mol. The molecule has 3 rings (SSSR count). The second-order valence-electron chi connectivity index (χ2n) is 4.20. The molecule has 0 bridgehead atoms. The van der Waals surface area contributed by atoms with Crippen molar-refractivity contribution < 1.29 is 9.47 Å². The predicted molar refractivity (Wildman–Crippen MR) is 74.5 cm³/mol. The second-order valence-corrected chi connectivity index (χ2v) is 5.24. The molecule has 1 aromatic heterocycles. The van der Waals surface area contributed by atoms with Gasteiger partial charge in [-0.1, -0.05) is 12.1 Å². The Kier molecular flexibility index (Phi) is 3.57. The number of nitrogens with two attached hydrogens (primary N) is 1. The molecule has 1 unspecified atom stereocenters. The summed E-state index contributed by atoms with van der Waals surface area (Å²) in [6.07, 6.45) is 1.79. The van der Waals surface area contributed by atoms with Crippen LogP contribution in [-0.2, 0) is 0 Å². The first kappa shape index (κ1) is 12.3. The van der Waals surface area contributed by atoms with E-state index in [2.05, 4.69) is 4.98 Å². The van der Waals surface area contributed by atoms with E-state index in [1.165, 1.54) is 0 Å². The number of aromatic nitrogens is 1. The van der Waals surface area contributed by atoms with Gasteiger partial charge in [0.1, 0.15) is 0 Å². The molecule has 0 amide bonds. The van der Waals surface area contributed by atoms with Gasteiger partial charge in [-0.3, -0.25) is 0 Å². The number of hydrogen-bond donors (Lipinski definition) is 1. The van der Waals surface area contributed by atoms with Crippen molar-refractivity contribution in [3.8, 4) is 11.5 Å². The van der Waals surface area contributed by atoms with Crippen molar-refractivity contribution in [3.05, 3.63) is 48.2 Å². The first-order valence-corrected chi connectivity index (χ1v) is 7.00. The van der Waals surface area contributed by atoms with Crippen LogP contribution < -0.4 is 15.2 Å². The predicted octanol–water partition coefficient (Wildman–Crippen LogP) is 2.60. The lowest BCUT2D eigenvalue weighted by Gasteiger charge is -2.11. The van der Waals surface area contributed by atoms with Gasteiger partial charge in [0, 0.05) is 18.0 Å². The highest BCUT2D eigenvalue weighted by molar-refractivity contribution is 7.99. The van der Waals surface area contributed by atoms with Crippen LogP contribution in [0.15, 0.2) is 47.6 Å². The fourth-order valence-corrected chi connectivity index (χ4v) is 2.70. The van der Waals surface area contributed by atoms with Crippen LogP contribution in [0.4, 0.5) is 0 Å². The van der Waals surface area contributed by atoms with Crippen molar-refractivity contribution in [2.75, 3.05) is 12.5 Å². The number of hydrogen-bond acceptors (Lipinski definition) is 5. The van der Waals surface area contributed by atoms with Crippen LogP contribution in [0.5, 0.6) is 11.5 Å². The molecule has 0 saturated heterocycles. The van der Waals surface area contributed by atoms with Crippen LogP contribution >= 0.6 is 11.8 Å². The maximum absolute atomic E-state index is 6.19. The van der Waals surface area contributed by atoms with Gasteiger partial charge in [0.25, 0.3) is 0 Å². The molecular weight excluding hydrogens is 260 g/mol. The average Bonchev–Trinajstić information content (AvgIpc) is 2.93. The van der Waals surface area contributed by atoms with Gasteiger partial charge in [0.2, 0.25) is 6.79 Å². The molecule has 0 spiro atoms. The van der Waals surface area contributed by atoms with Crippen LogP contribution in [0.3, 0.4) is 0 Å². The third-order valence-electron chi connectivity index (χ3n) is 2.87. The summed E-state index contributed by atoms with van der Waals surface area (Å²) in [5, 5.41) is 0.985. The van der Waals surface area contributed by atoms with E-state index in [-0.39, 0.29) is 12.8 Å². The van der Waals surface area contributed by atoms with Crippen LogP contribution in [0, 0.1) is 0 Å². The van der Waals surface area contributed by atoms with Crippen molar-refractivity contribution in [2.24, 2.45) is 5.73 Å². The van der Waals surface area contributed by atoms with Crippen LogP contribution in [-0.4, -0.2) is 17.5 Å². The molecule has 1 aliphatic heterocycles. The van der Waals surface area contributed by atoms with Gasteiger partial charge in [-0.2, -0.15) is 0 Å². The highest BCUT2D eigenvalue weighted by atomic mass is 32.2. The van der Waals surface area contributed by atoms with Crippen molar-refractivity contribution in [1.82, 2.24) is 4.98 Å². The summed E-state index contributed by atoms with van der Waals surface area (Å²) in [5.41, 5.74) is 7.24. The van der Waals surface area contributed by atoms with Gasteiger partial charge in [0.15, 0.2) is 11.5 Å². The number of nitrogens with zero attached hydrogens (tertiary/aromatic N) is 1. The van der Waals surface area contributed by atoms with Gasteiger partial charge < -0.3 is 15.2 Å². The zero-order valence-electron chi connectivity index (χ0n) is 10.3. The Morgan fingerprint density at radius 1 is 1.21 bits per heavy atom. The zero-order valence-corrected chi connectivity index (χ0v) is 11.1. The van der Waals surface area contributed by atoms with E-state index in [9.17, 15) is 0 Å². The van der Waals surface area contributed by atoms with E-state index in [1.54, 1.807) is 18.0 Å². The van der Waals surface area contributed by atoms with Gasteiger partial charge in [-0.25, -0.2) is 4.98 Å². The number of ether oxygens (including phenoxy) is 2. The van der Waals surface area contributed by atoms with Crippen LogP contribution in [0.2, 0.25) is 0 Å². The summed E-state index contributed by atoms with van der Waals surface area (Å²) in [5.74, 6) is 2.33. The Morgan fingerprint density at radius 3 is 2.95 bits per heavy atom. The van der Waals surface area contributed by atoms with E-state index >= 15 is 0 Å². The van der Waals surface area contributed by atoms with Gasteiger partial charge >= 0.3 is 0 Å². The smallest absolute Gasteiger partial charge is 0.231 e. The maximum atomic E-state index is 6.19. The molecule has 2 heterocycles. The SMILES string of the molecule is NC(CSc1ccccn1)c1ccc2c(c1)OCO2. The molecule has 1 aromatic carbocycles. The lowest BCUT2D eigenvalue weighted by molar-refractivity contribution is 0.174. The first-order chi connectivity index (χ1) is 9.33. The van der Waals surface area contributed by atoms with E-state index in [1.807, 2.05) is 36.4 Å². The molecule has 0 radical (unpaired) electrons. The molecule has 2 N–H and O–H groups in total. The molecule has 98 valence electrons. The fraction of sp³-hybridized carbons (Fsp3) is 0.214. The van der Waals surface area contributed by atoms with Crippen LogP contribution in [0.25, 0.3) is 0 Å². The monoisotopic (exact) mass is 274 g/mol. The molecule has 5 heteroatoms. The van der Waals surface area contributed by atoms with E-state index in [0.29, 0.717) is 0 Å². The minimum atomic E-state index is -0.0542. The molecule has 0 saturated carbocycles. The van der Waals surface area contributed by atoms with E-state index in [0.717, 1.165) is 27.8 Å². The Morgan fingerprint density at radius 2 is 2.11 bits per heavy atom. The Labute approximate surface area is 115 Å². The summed E-state index contributed by atoms with van der Waals surface area (Å²) < 4.78 is 10.6. The summed E-state index contributed by atoms with van der Waals surface area (Å²) in [7, 11) is 0. The van der Waals surface area contributed by atoms with Gasteiger partial charge in [0.05, 0.1) is 5.03 Å². The zero-order chi connectivity index (χ0) is 13.1. The number of fused-ring (bicyclic) bond motifs is 1. The fourth-order valence-electron chi connectivity index (χ4n) is 1.85. The summed E-state index contributed by atoms with van der Waals surface area (Å²) in [6.45, 7) is 0.288. The second kappa shape index (κ2) is 5.50. The standard InChI is InChI=1S/C14H14N2O2S/c15-11(8-19-14-3-1-2-6-16-14)10-4-5-12-13(7-10)18-9-17-12/h1-7,11H,8-9,15H2. The van der Waals surface area contributed by atoms with Gasteiger partial charge in [-0.05, 0) is 29.8 Å². The summed E-state index contributed by atoms with van der Waals surface area (Å²) in [4.78, 5) is 4.26. The third-order valence-corrected chi connectivity index (χ3v) is 3.94. The van der Waals surface area contributed by atoms with E-state index < -0.39 is 0 Å². The highest BCUT2D eigenvalue weighted by Crippen LogP contribution is 2.34. The van der Waals surface area contributed by atoms with Crippen molar-refractivity contribution >= 4 is 11.8 Å². The molecule has 0 fully saturated rings. The lowest BCUT2D eigenvalue weighted by atomic mass is 10.1. The van der Waals surface area contributed by atoms with Crippen molar-refractivity contribution in [2.45, 2.75) is 11.1 Å². The van der Waals surface area contributed by atoms with Crippen molar-refractivity contribution in [1.29, 1.82) is 0 Å². The number of benzene rings is 1. The molecule has 2 aromatic rings. The van der Waals surface area contributed by atoms with Crippen LogP contribution in [0.1, 0.15) is 11.6 Å². The number of rotatable bonds is 4. The molecular formula is C14H14N2O2S. The largest absolute Gasteiger partial charge is 0.454 e. The lowest BCUT2D eigenvalue weighted by Crippen LogP contribution is -2.12. The minimum Gasteiger partial charge on any atom is -0.454 e. The minimum absolute atomic E-state index is 0.0542. The third kappa shape index (κ3) is 2.83. The molecule has 0 aliphatic carbocycles. The molecule has 4 nitrogen and oxygen atoms in total. The quantitative estimate of drug-likeness (QED) is 0.868. The Bertz CT molecular complexity index is 563. The van der Waals surface area contributed by atoms with Crippen molar-refractivity contribution in [3.63, 3.8) is 0 Å². The molecule has 19 heavy (non-hydrogen) atoms. The number of thioether (sulfide) groups is 1.